The van der Waals surface area contributed by atoms with Gasteiger partial charge in [-0.15, -0.1) is 11.3 Å². The number of aryl methyl sites for hydroxylation is 1. The van der Waals surface area contributed by atoms with Crippen LogP contribution in [0.2, 0.25) is 0 Å². The SMILES string of the molecule is Cc1ccccc1Nc1nc(CSc2nc3cc(S(=O)(=O)N(C)C)ccc3o2)cs1. The number of hydrogen-bond donors (Lipinski definition) is 1. The number of fused-ring (bicyclic) bond motifs is 1. The molecule has 0 atom stereocenters. The van der Waals surface area contributed by atoms with Crippen LogP contribution in [0, 0.1) is 6.92 Å². The van der Waals surface area contributed by atoms with Crippen LogP contribution in [0.1, 0.15) is 11.3 Å². The van der Waals surface area contributed by atoms with Crippen LogP contribution in [0.5, 0.6) is 0 Å². The fourth-order valence-corrected chi connectivity index (χ4v) is 5.19. The lowest BCUT2D eigenvalue weighted by atomic mass is 10.2. The van der Waals surface area contributed by atoms with Crippen molar-refractivity contribution in [3.05, 3.63) is 59.1 Å². The van der Waals surface area contributed by atoms with E-state index in [0.29, 0.717) is 22.1 Å². The Morgan fingerprint density at radius 2 is 1.97 bits per heavy atom. The van der Waals surface area contributed by atoms with Gasteiger partial charge in [-0.05, 0) is 36.8 Å². The molecule has 0 unspecified atom stereocenters. The quantitative estimate of drug-likeness (QED) is 0.393. The van der Waals surface area contributed by atoms with Crippen LogP contribution in [0.4, 0.5) is 10.8 Å². The fraction of sp³-hybridized carbons (Fsp3) is 0.200. The second-order valence-electron chi connectivity index (χ2n) is 6.77. The Hall–Kier alpha value is -2.40. The Morgan fingerprint density at radius 3 is 2.73 bits per heavy atom. The van der Waals surface area contributed by atoms with Crippen LogP contribution in [0.15, 0.2) is 62.4 Å². The van der Waals surface area contributed by atoms with Gasteiger partial charge in [-0.3, -0.25) is 0 Å². The van der Waals surface area contributed by atoms with Gasteiger partial charge in [0.25, 0.3) is 5.22 Å². The molecule has 7 nitrogen and oxygen atoms in total. The number of anilines is 2. The van der Waals surface area contributed by atoms with Gasteiger partial charge in [0.2, 0.25) is 10.0 Å². The summed E-state index contributed by atoms with van der Waals surface area (Å²) in [4.78, 5) is 9.23. The first-order chi connectivity index (χ1) is 14.3. The van der Waals surface area contributed by atoms with Crippen molar-refractivity contribution < 1.29 is 12.8 Å². The summed E-state index contributed by atoms with van der Waals surface area (Å²) in [6.45, 7) is 2.05. The Balaban J connectivity index is 1.45. The number of thioether (sulfide) groups is 1. The molecule has 0 spiro atoms. The van der Waals surface area contributed by atoms with Gasteiger partial charge in [0.05, 0.1) is 10.6 Å². The van der Waals surface area contributed by atoms with Crippen molar-refractivity contribution in [3.8, 4) is 0 Å². The third-order valence-corrected chi connectivity index (χ3v) is 7.88. The molecule has 2 aromatic carbocycles. The number of oxazole rings is 1. The summed E-state index contributed by atoms with van der Waals surface area (Å²) in [5.74, 6) is 0.599. The van der Waals surface area contributed by atoms with E-state index in [1.807, 2.05) is 23.6 Å². The van der Waals surface area contributed by atoms with Crippen molar-refractivity contribution in [2.45, 2.75) is 22.8 Å². The zero-order valence-corrected chi connectivity index (χ0v) is 19.1. The van der Waals surface area contributed by atoms with Crippen LogP contribution in [-0.2, 0) is 15.8 Å². The standard InChI is InChI=1S/C20H20N4O3S3/c1-13-6-4-5-7-16(13)22-19-21-14(11-28-19)12-29-20-23-17-10-15(8-9-18(17)27-20)30(25,26)24(2)3/h4-11H,12H2,1-3H3,(H,21,22). The van der Waals surface area contributed by atoms with Gasteiger partial charge in [-0.1, -0.05) is 30.0 Å². The molecule has 156 valence electrons. The molecule has 0 amide bonds. The van der Waals surface area contributed by atoms with Crippen LogP contribution in [0.3, 0.4) is 0 Å². The number of nitrogens with one attached hydrogen (secondary N) is 1. The molecule has 0 saturated carbocycles. The van der Waals surface area contributed by atoms with Gasteiger partial charge >= 0.3 is 0 Å². The number of hydrogen-bond acceptors (Lipinski definition) is 8. The van der Waals surface area contributed by atoms with Gasteiger partial charge in [0.1, 0.15) is 5.52 Å². The summed E-state index contributed by atoms with van der Waals surface area (Å²) in [6, 6.07) is 12.8. The zero-order chi connectivity index (χ0) is 21.3. The first kappa shape index (κ1) is 20.9. The predicted molar refractivity (Wildman–Crippen MR) is 121 cm³/mol. The minimum atomic E-state index is -3.51. The van der Waals surface area contributed by atoms with Crippen molar-refractivity contribution in [1.29, 1.82) is 0 Å². The minimum absolute atomic E-state index is 0.191. The largest absolute Gasteiger partial charge is 0.431 e. The molecule has 0 radical (unpaired) electrons. The normalized spacial score (nSPS) is 12.0. The monoisotopic (exact) mass is 460 g/mol. The van der Waals surface area contributed by atoms with Gasteiger partial charge < -0.3 is 9.73 Å². The maximum atomic E-state index is 12.3. The van der Waals surface area contributed by atoms with Crippen molar-refractivity contribution in [3.63, 3.8) is 0 Å². The van der Waals surface area contributed by atoms with E-state index in [-0.39, 0.29) is 4.90 Å². The average Bonchev–Trinajstić information content (AvgIpc) is 3.33. The first-order valence-corrected chi connectivity index (χ1v) is 12.4. The average molecular weight is 461 g/mol. The highest BCUT2D eigenvalue weighted by atomic mass is 32.2. The zero-order valence-electron chi connectivity index (χ0n) is 16.6. The maximum absolute atomic E-state index is 12.3. The second-order valence-corrected chi connectivity index (χ2v) is 10.7. The smallest absolute Gasteiger partial charge is 0.257 e. The number of nitrogens with zero attached hydrogens (tertiary/aromatic N) is 3. The number of sulfonamides is 1. The van der Waals surface area contributed by atoms with E-state index in [1.54, 1.807) is 17.4 Å². The highest BCUT2D eigenvalue weighted by molar-refractivity contribution is 7.98. The molecule has 0 aliphatic carbocycles. The van der Waals surface area contributed by atoms with Gasteiger partial charge in [0, 0.05) is 30.9 Å². The lowest BCUT2D eigenvalue weighted by Gasteiger charge is -2.10. The summed E-state index contributed by atoms with van der Waals surface area (Å²) >= 11 is 2.96. The van der Waals surface area contributed by atoms with Crippen molar-refractivity contribution in [2.24, 2.45) is 0 Å². The summed E-state index contributed by atoms with van der Waals surface area (Å²) in [7, 11) is -0.512. The summed E-state index contributed by atoms with van der Waals surface area (Å²) < 4.78 is 31.5. The van der Waals surface area contributed by atoms with E-state index >= 15 is 0 Å². The van der Waals surface area contributed by atoms with E-state index in [2.05, 4.69) is 28.3 Å². The van der Waals surface area contributed by atoms with Gasteiger partial charge in [-0.2, -0.15) is 0 Å². The molecule has 2 heterocycles. The van der Waals surface area contributed by atoms with E-state index in [1.165, 1.54) is 42.3 Å². The summed E-state index contributed by atoms with van der Waals surface area (Å²) in [6.07, 6.45) is 0. The molecule has 30 heavy (non-hydrogen) atoms. The van der Waals surface area contributed by atoms with Crippen LogP contribution in [-0.4, -0.2) is 36.8 Å². The lowest BCUT2D eigenvalue weighted by Crippen LogP contribution is -2.22. The van der Waals surface area contributed by atoms with Crippen molar-refractivity contribution in [2.75, 3.05) is 19.4 Å². The maximum Gasteiger partial charge on any atom is 0.257 e. The van der Waals surface area contributed by atoms with E-state index in [0.717, 1.165) is 22.1 Å². The second kappa shape index (κ2) is 8.38. The predicted octanol–water partition coefficient (Wildman–Crippen LogP) is 4.88. The molecule has 0 saturated heterocycles. The molecule has 1 N–H and O–H groups in total. The molecule has 4 aromatic rings. The molecule has 0 bridgehead atoms. The first-order valence-electron chi connectivity index (χ1n) is 9.06. The molecular formula is C20H20N4O3S3. The van der Waals surface area contributed by atoms with Crippen LogP contribution >= 0.6 is 23.1 Å². The molecule has 4 rings (SSSR count). The Bertz CT molecular complexity index is 1300. The van der Waals surface area contributed by atoms with E-state index in [9.17, 15) is 8.42 Å². The molecule has 0 fully saturated rings. The fourth-order valence-electron chi connectivity index (χ4n) is 2.71. The third kappa shape index (κ3) is 4.36. The highest BCUT2D eigenvalue weighted by Gasteiger charge is 2.19. The lowest BCUT2D eigenvalue weighted by molar-refractivity contribution is 0.489. The van der Waals surface area contributed by atoms with Crippen molar-refractivity contribution in [1.82, 2.24) is 14.3 Å². The highest BCUT2D eigenvalue weighted by Crippen LogP contribution is 2.30. The van der Waals surface area contributed by atoms with Crippen LogP contribution < -0.4 is 5.32 Å². The van der Waals surface area contributed by atoms with Gasteiger partial charge in [-0.25, -0.2) is 22.7 Å². The van der Waals surface area contributed by atoms with Crippen molar-refractivity contribution >= 4 is 55.0 Å². The molecule has 0 aliphatic heterocycles. The van der Waals surface area contributed by atoms with Gasteiger partial charge in [0.15, 0.2) is 10.7 Å². The topological polar surface area (TPSA) is 88.3 Å². The Kier molecular flexibility index (Phi) is 5.83. The molecule has 2 aromatic heterocycles. The molecule has 0 aliphatic rings. The minimum Gasteiger partial charge on any atom is -0.431 e. The number of aromatic nitrogens is 2. The number of benzene rings is 2. The van der Waals surface area contributed by atoms with E-state index < -0.39 is 10.0 Å². The number of rotatable bonds is 7. The number of para-hydroxylation sites is 1. The van der Waals surface area contributed by atoms with Crippen LogP contribution in [0.25, 0.3) is 11.1 Å². The molecular weight excluding hydrogens is 440 g/mol. The Morgan fingerprint density at radius 1 is 1.17 bits per heavy atom. The third-order valence-electron chi connectivity index (χ3n) is 4.40. The number of thiazole rings is 1. The summed E-state index contributed by atoms with van der Waals surface area (Å²) in [5, 5.41) is 6.65. The van der Waals surface area contributed by atoms with E-state index in [4.69, 9.17) is 4.42 Å². The summed E-state index contributed by atoms with van der Waals surface area (Å²) in [5.41, 5.74) is 4.18. The molecule has 10 heteroatoms. The Labute approximate surface area is 183 Å².